The van der Waals surface area contributed by atoms with E-state index in [4.69, 9.17) is 4.74 Å². The smallest absolute Gasteiger partial charge is 0.362 e. The lowest BCUT2D eigenvalue weighted by Crippen LogP contribution is -2.08. The molecule has 0 atom stereocenters. The molecule has 1 N–H and O–H groups in total. The van der Waals surface area contributed by atoms with Crippen molar-refractivity contribution < 1.29 is 14.6 Å². The zero-order valence-electron chi connectivity index (χ0n) is 9.83. The first-order valence-electron chi connectivity index (χ1n) is 5.51. The predicted octanol–water partition coefficient (Wildman–Crippen LogP) is 2.03. The molecule has 2 aromatic rings. The molecule has 0 fully saturated rings. The van der Waals surface area contributed by atoms with Gasteiger partial charge in [-0.3, -0.25) is 0 Å². The van der Waals surface area contributed by atoms with Gasteiger partial charge in [-0.2, -0.15) is 0 Å². The molecule has 1 aromatic carbocycles. The van der Waals surface area contributed by atoms with Crippen LogP contribution in [0.3, 0.4) is 0 Å². The van der Waals surface area contributed by atoms with Crippen molar-refractivity contribution in [1.29, 1.82) is 0 Å². The summed E-state index contributed by atoms with van der Waals surface area (Å²) < 4.78 is 4.75. The molecule has 0 saturated heterocycles. The molecule has 0 saturated carbocycles. The van der Waals surface area contributed by atoms with E-state index < -0.39 is 11.8 Å². The number of esters is 1. The van der Waals surface area contributed by atoms with Crippen molar-refractivity contribution in [3.63, 3.8) is 0 Å². The largest absolute Gasteiger partial charge is 0.492 e. The van der Waals surface area contributed by atoms with E-state index in [9.17, 15) is 9.90 Å². The Labute approximate surface area is 104 Å². The molecule has 2 rings (SSSR count). The fourth-order valence-corrected chi connectivity index (χ4v) is 1.47. The first kappa shape index (κ1) is 12.0. The van der Waals surface area contributed by atoms with Crippen LogP contribution in [0.5, 0.6) is 5.88 Å². The normalized spacial score (nSPS) is 10.1. The van der Waals surface area contributed by atoms with Crippen molar-refractivity contribution >= 4 is 5.97 Å². The van der Waals surface area contributed by atoms with Crippen LogP contribution in [-0.2, 0) is 4.74 Å². The third-order valence-corrected chi connectivity index (χ3v) is 2.29. The van der Waals surface area contributed by atoms with E-state index in [1.165, 1.54) is 6.20 Å². The van der Waals surface area contributed by atoms with Crippen molar-refractivity contribution in [1.82, 2.24) is 9.97 Å². The van der Waals surface area contributed by atoms with Crippen LogP contribution < -0.4 is 0 Å². The number of aromatic hydroxyl groups is 1. The Bertz CT molecular complexity index is 555. The highest BCUT2D eigenvalue weighted by atomic mass is 16.5. The van der Waals surface area contributed by atoms with Crippen LogP contribution in [0.25, 0.3) is 11.3 Å². The Kier molecular flexibility index (Phi) is 3.52. The van der Waals surface area contributed by atoms with E-state index in [0.29, 0.717) is 5.69 Å². The minimum Gasteiger partial charge on any atom is -0.492 e. The second-order valence-corrected chi connectivity index (χ2v) is 3.51. The van der Waals surface area contributed by atoms with Gasteiger partial charge in [0, 0.05) is 5.56 Å². The maximum absolute atomic E-state index is 11.4. The predicted molar refractivity (Wildman–Crippen MR) is 65.1 cm³/mol. The number of rotatable bonds is 3. The van der Waals surface area contributed by atoms with Gasteiger partial charge in [-0.05, 0) is 6.92 Å². The molecule has 5 nitrogen and oxygen atoms in total. The van der Waals surface area contributed by atoms with Crippen LogP contribution in [-0.4, -0.2) is 27.7 Å². The second kappa shape index (κ2) is 5.27. The van der Waals surface area contributed by atoms with Crippen molar-refractivity contribution in [3.05, 3.63) is 42.2 Å². The number of carbonyl (C=O) groups is 1. The maximum atomic E-state index is 11.4. The summed E-state index contributed by atoms with van der Waals surface area (Å²) >= 11 is 0. The zero-order valence-corrected chi connectivity index (χ0v) is 9.83. The van der Waals surface area contributed by atoms with Crippen molar-refractivity contribution in [2.75, 3.05) is 6.61 Å². The van der Waals surface area contributed by atoms with Crippen LogP contribution in [0.1, 0.15) is 17.4 Å². The van der Waals surface area contributed by atoms with Crippen molar-refractivity contribution in [2.45, 2.75) is 6.92 Å². The molecule has 0 radical (unpaired) electrons. The van der Waals surface area contributed by atoms with Gasteiger partial charge in [0.05, 0.1) is 18.5 Å². The summed E-state index contributed by atoms with van der Waals surface area (Å²) in [5, 5.41) is 9.68. The lowest BCUT2D eigenvalue weighted by Gasteiger charge is -2.05. The number of aromatic nitrogens is 2. The summed E-state index contributed by atoms with van der Waals surface area (Å²) in [6.45, 7) is 1.90. The van der Waals surface area contributed by atoms with E-state index >= 15 is 0 Å². The summed E-state index contributed by atoms with van der Waals surface area (Å²) in [7, 11) is 0. The third-order valence-electron chi connectivity index (χ3n) is 2.29. The van der Waals surface area contributed by atoms with Gasteiger partial charge >= 0.3 is 5.97 Å². The minimum atomic E-state index is -0.679. The molecule has 0 spiro atoms. The van der Waals surface area contributed by atoms with E-state index in [-0.39, 0.29) is 12.3 Å². The number of ether oxygens (including phenoxy) is 1. The molecule has 0 aliphatic carbocycles. The van der Waals surface area contributed by atoms with Gasteiger partial charge in [0.2, 0.25) is 11.6 Å². The fourth-order valence-electron chi connectivity index (χ4n) is 1.47. The van der Waals surface area contributed by atoms with Crippen LogP contribution in [0, 0.1) is 0 Å². The number of benzene rings is 1. The Morgan fingerprint density at radius 2 is 2.06 bits per heavy atom. The number of carbonyl (C=O) groups excluding carboxylic acids is 1. The van der Waals surface area contributed by atoms with E-state index in [1.54, 1.807) is 6.92 Å². The number of hydrogen-bond donors (Lipinski definition) is 1. The fraction of sp³-hybridized carbons (Fsp3) is 0.154. The van der Waals surface area contributed by atoms with Gasteiger partial charge in [-0.15, -0.1) is 0 Å². The van der Waals surface area contributed by atoms with E-state index in [2.05, 4.69) is 9.97 Å². The second-order valence-electron chi connectivity index (χ2n) is 3.51. The standard InChI is InChI=1S/C13H12N2O3/c1-2-18-13(17)11-12(16)15-10(8-14-11)9-6-4-3-5-7-9/h3-8H,2H2,1H3,(H,15,16). The van der Waals surface area contributed by atoms with Gasteiger partial charge in [0.15, 0.2) is 0 Å². The summed E-state index contributed by atoms with van der Waals surface area (Å²) in [6.07, 6.45) is 1.43. The highest BCUT2D eigenvalue weighted by Gasteiger charge is 2.16. The Balaban J connectivity index is 2.34. The first-order chi connectivity index (χ1) is 8.72. The molecule has 1 aromatic heterocycles. The molecule has 5 heteroatoms. The molecular formula is C13H12N2O3. The Morgan fingerprint density at radius 1 is 1.33 bits per heavy atom. The molecule has 0 amide bonds. The molecule has 0 bridgehead atoms. The highest BCUT2D eigenvalue weighted by Crippen LogP contribution is 2.20. The van der Waals surface area contributed by atoms with Gasteiger partial charge in [-0.1, -0.05) is 30.3 Å². The molecule has 18 heavy (non-hydrogen) atoms. The van der Waals surface area contributed by atoms with Gasteiger partial charge in [0.25, 0.3) is 0 Å². The molecule has 0 aliphatic heterocycles. The quantitative estimate of drug-likeness (QED) is 0.836. The first-order valence-corrected chi connectivity index (χ1v) is 5.51. The van der Waals surface area contributed by atoms with Crippen molar-refractivity contribution in [3.8, 4) is 17.1 Å². The molecule has 1 heterocycles. The van der Waals surface area contributed by atoms with Crippen LogP contribution in [0.15, 0.2) is 36.5 Å². The molecule has 0 unspecified atom stereocenters. The third kappa shape index (κ3) is 2.45. The maximum Gasteiger partial charge on any atom is 0.362 e. The highest BCUT2D eigenvalue weighted by molar-refractivity contribution is 5.89. The molecule has 92 valence electrons. The summed E-state index contributed by atoms with van der Waals surface area (Å²) in [5.74, 6) is -1.10. The minimum absolute atomic E-state index is 0.170. The lowest BCUT2D eigenvalue weighted by molar-refractivity contribution is 0.0515. The average molecular weight is 244 g/mol. The summed E-state index contributed by atoms with van der Waals surface area (Å²) in [6, 6.07) is 9.27. The average Bonchev–Trinajstić information content (AvgIpc) is 2.40. The van der Waals surface area contributed by atoms with E-state index in [1.807, 2.05) is 30.3 Å². The monoisotopic (exact) mass is 244 g/mol. The zero-order chi connectivity index (χ0) is 13.0. The Hall–Kier alpha value is -2.43. The van der Waals surface area contributed by atoms with Crippen LogP contribution >= 0.6 is 0 Å². The van der Waals surface area contributed by atoms with Crippen molar-refractivity contribution in [2.24, 2.45) is 0 Å². The molecule has 0 aliphatic rings. The lowest BCUT2D eigenvalue weighted by atomic mass is 10.2. The van der Waals surface area contributed by atoms with Crippen LogP contribution in [0.4, 0.5) is 0 Å². The number of nitrogens with zero attached hydrogens (tertiary/aromatic N) is 2. The summed E-state index contributed by atoms with van der Waals surface area (Å²) in [4.78, 5) is 19.3. The molecular weight excluding hydrogens is 232 g/mol. The summed E-state index contributed by atoms with van der Waals surface area (Å²) in [5.41, 5.74) is 1.15. The van der Waals surface area contributed by atoms with Gasteiger partial charge < -0.3 is 9.84 Å². The van der Waals surface area contributed by atoms with Gasteiger partial charge in [-0.25, -0.2) is 14.8 Å². The topological polar surface area (TPSA) is 72.3 Å². The van der Waals surface area contributed by atoms with Crippen LogP contribution in [0.2, 0.25) is 0 Å². The Morgan fingerprint density at radius 3 is 2.67 bits per heavy atom. The van der Waals surface area contributed by atoms with Gasteiger partial charge in [0.1, 0.15) is 0 Å². The SMILES string of the molecule is CCOC(=O)c1ncc(-c2ccccc2)nc1O. The van der Waals surface area contributed by atoms with E-state index in [0.717, 1.165) is 5.56 Å². The number of hydrogen-bond acceptors (Lipinski definition) is 5.